The number of nitrogens with one attached hydrogen (secondary N) is 4. The molecular formula is C23H29N5O5. The maximum atomic E-state index is 12.8. The Morgan fingerprint density at radius 1 is 1.12 bits per heavy atom. The number of hydrogen-bond donors (Lipinski definition) is 6. The lowest BCUT2D eigenvalue weighted by atomic mass is 10.0. The summed E-state index contributed by atoms with van der Waals surface area (Å²) in [5.74, 6) is 0.123. The molecule has 1 aliphatic rings. The minimum atomic E-state index is -0.991. The Morgan fingerprint density at radius 2 is 1.88 bits per heavy atom. The summed E-state index contributed by atoms with van der Waals surface area (Å²) < 4.78 is 10.6. The van der Waals surface area contributed by atoms with Gasteiger partial charge in [-0.3, -0.25) is 15.0 Å². The molecule has 0 fully saturated rings. The molecule has 33 heavy (non-hydrogen) atoms. The van der Waals surface area contributed by atoms with Gasteiger partial charge in [-0.25, -0.2) is 0 Å². The molecule has 10 heteroatoms. The van der Waals surface area contributed by atoms with Gasteiger partial charge in [0.05, 0.1) is 6.61 Å². The van der Waals surface area contributed by atoms with Gasteiger partial charge in [0.15, 0.2) is 11.5 Å². The van der Waals surface area contributed by atoms with E-state index in [1.165, 1.54) is 0 Å². The first-order chi connectivity index (χ1) is 15.8. The number of fused-ring (bicyclic) bond motifs is 1. The number of rotatable bonds is 10. The molecule has 2 amide bonds. The molecule has 2 aromatic rings. The molecule has 2 atom stereocenters. The lowest BCUT2D eigenvalue weighted by Crippen LogP contribution is -2.54. The molecule has 0 radical (unpaired) electrons. The summed E-state index contributed by atoms with van der Waals surface area (Å²) in [6.07, 6.45) is 0. The van der Waals surface area contributed by atoms with E-state index in [0.717, 1.165) is 5.56 Å². The molecule has 1 heterocycles. The molecule has 2 unspecified atom stereocenters. The predicted molar refractivity (Wildman–Crippen MR) is 123 cm³/mol. The maximum absolute atomic E-state index is 12.8. The monoisotopic (exact) mass is 455 g/mol. The van der Waals surface area contributed by atoms with E-state index < -0.39 is 24.6 Å². The van der Waals surface area contributed by atoms with Gasteiger partial charge in [-0.15, -0.1) is 0 Å². The van der Waals surface area contributed by atoms with E-state index in [1.54, 1.807) is 36.4 Å². The third-order valence-electron chi connectivity index (χ3n) is 5.16. The standard InChI is InChI=1S/C23H29N5O5/c1-13(2)20(23(31)26-10-14-6-7-18-19(8-14)33-12-32-18)28-22(30)17(11-29)27-16-5-3-4-15(9-16)21(24)25/h3-9,13,17,20,27,29H,10-12H2,1-2H3,(H3,24,25)(H,26,31)(H,28,30). The highest BCUT2D eigenvalue weighted by Crippen LogP contribution is 2.32. The van der Waals surface area contributed by atoms with E-state index in [2.05, 4.69) is 16.0 Å². The van der Waals surface area contributed by atoms with Crippen LogP contribution in [0, 0.1) is 11.3 Å². The van der Waals surface area contributed by atoms with Crippen molar-refractivity contribution in [1.82, 2.24) is 10.6 Å². The SMILES string of the molecule is CC(C)C(NC(=O)C(CO)Nc1cccc(C(=N)N)c1)C(=O)NCc1ccc2c(c1)OCO2. The molecule has 0 bridgehead atoms. The number of carbonyl (C=O) groups excluding carboxylic acids is 2. The Bertz CT molecular complexity index is 1030. The average Bonchev–Trinajstić information content (AvgIpc) is 3.27. The lowest BCUT2D eigenvalue weighted by Gasteiger charge is -2.25. The fourth-order valence-corrected chi connectivity index (χ4v) is 3.31. The van der Waals surface area contributed by atoms with Gasteiger partial charge in [-0.1, -0.05) is 32.0 Å². The van der Waals surface area contributed by atoms with Crippen LogP contribution in [0.15, 0.2) is 42.5 Å². The molecule has 0 aliphatic carbocycles. The van der Waals surface area contributed by atoms with Crippen LogP contribution in [0.4, 0.5) is 5.69 Å². The van der Waals surface area contributed by atoms with Crippen molar-refractivity contribution in [3.05, 3.63) is 53.6 Å². The highest BCUT2D eigenvalue weighted by molar-refractivity contribution is 5.96. The average molecular weight is 456 g/mol. The molecule has 176 valence electrons. The topological polar surface area (TPSA) is 159 Å². The number of aliphatic hydroxyl groups is 1. The van der Waals surface area contributed by atoms with Gasteiger partial charge in [0.25, 0.3) is 0 Å². The van der Waals surface area contributed by atoms with Crippen molar-refractivity contribution in [2.45, 2.75) is 32.5 Å². The van der Waals surface area contributed by atoms with Crippen LogP contribution in [-0.4, -0.2) is 48.2 Å². The predicted octanol–water partition coefficient (Wildman–Crippen LogP) is 0.929. The summed E-state index contributed by atoms with van der Waals surface area (Å²) >= 11 is 0. The Hall–Kier alpha value is -3.79. The summed E-state index contributed by atoms with van der Waals surface area (Å²) in [5.41, 5.74) is 7.34. The van der Waals surface area contributed by atoms with Crippen molar-refractivity contribution in [1.29, 1.82) is 5.41 Å². The van der Waals surface area contributed by atoms with Crippen LogP contribution in [-0.2, 0) is 16.1 Å². The number of hydrogen-bond acceptors (Lipinski definition) is 7. The minimum Gasteiger partial charge on any atom is -0.454 e. The number of amidine groups is 1. The Morgan fingerprint density at radius 3 is 2.58 bits per heavy atom. The molecule has 0 saturated heterocycles. The maximum Gasteiger partial charge on any atom is 0.245 e. The first kappa shape index (κ1) is 23.9. The number of benzene rings is 2. The smallest absolute Gasteiger partial charge is 0.245 e. The number of amides is 2. The third kappa shape index (κ3) is 6.13. The molecule has 0 saturated carbocycles. The number of carbonyl (C=O) groups is 2. The number of nitrogen functional groups attached to an aromatic ring is 1. The first-order valence-corrected chi connectivity index (χ1v) is 10.6. The van der Waals surface area contributed by atoms with Gasteiger partial charge in [-0.2, -0.15) is 0 Å². The molecule has 7 N–H and O–H groups in total. The fraction of sp³-hybridized carbons (Fsp3) is 0.348. The molecular weight excluding hydrogens is 426 g/mol. The van der Waals surface area contributed by atoms with Crippen LogP contribution in [0.1, 0.15) is 25.0 Å². The van der Waals surface area contributed by atoms with E-state index in [-0.39, 0.29) is 31.0 Å². The summed E-state index contributed by atoms with van der Waals surface area (Å²) in [7, 11) is 0. The van der Waals surface area contributed by atoms with E-state index in [9.17, 15) is 14.7 Å². The van der Waals surface area contributed by atoms with Gasteiger partial charge < -0.3 is 36.3 Å². The first-order valence-electron chi connectivity index (χ1n) is 10.6. The second-order valence-corrected chi connectivity index (χ2v) is 8.01. The Balaban J connectivity index is 1.61. The number of anilines is 1. The third-order valence-corrected chi connectivity index (χ3v) is 5.16. The Kier molecular flexibility index (Phi) is 7.73. The molecule has 2 aromatic carbocycles. The highest BCUT2D eigenvalue weighted by atomic mass is 16.7. The quantitative estimate of drug-likeness (QED) is 0.230. The zero-order valence-electron chi connectivity index (χ0n) is 18.6. The summed E-state index contributed by atoms with van der Waals surface area (Å²) in [5, 5.41) is 25.7. The molecule has 1 aliphatic heterocycles. The van der Waals surface area contributed by atoms with Crippen molar-refractivity contribution in [2.75, 3.05) is 18.7 Å². The van der Waals surface area contributed by atoms with E-state index >= 15 is 0 Å². The van der Waals surface area contributed by atoms with Gasteiger partial charge in [-0.05, 0) is 35.7 Å². The second kappa shape index (κ2) is 10.7. The summed E-state index contributed by atoms with van der Waals surface area (Å²) in [4.78, 5) is 25.6. The summed E-state index contributed by atoms with van der Waals surface area (Å²) in [6.45, 7) is 3.59. The van der Waals surface area contributed by atoms with Crippen molar-refractivity contribution in [3.8, 4) is 11.5 Å². The van der Waals surface area contributed by atoms with E-state index in [1.807, 2.05) is 19.9 Å². The van der Waals surface area contributed by atoms with Crippen molar-refractivity contribution in [3.63, 3.8) is 0 Å². The van der Waals surface area contributed by atoms with E-state index in [4.69, 9.17) is 20.6 Å². The molecule has 10 nitrogen and oxygen atoms in total. The second-order valence-electron chi connectivity index (χ2n) is 8.01. The minimum absolute atomic E-state index is 0.109. The van der Waals surface area contributed by atoms with Crippen LogP contribution in [0.3, 0.4) is 0 Å². The van der Waals surface area contributed by atoms with Crippen molar-refractivity contribution >= 4 is 23.3 Å². The number of nitrogens with two attached hydrogens (primary N) is 1. The van der Waals surface area contributed by atoms with Crippen molar-refractivity contribution < 1.29 is 24.2 Å². The van der Waals surface area contributed by atoms with Crippen LogP contribution < -0.4 is 31.2 Å². The zero-order valence-corrected chi connectivity index (χ0v) is 18.6. The number of aliphatic hydroxyl groups excluding tert-OH is 1. The number of ether oxygens (including phenoxy) is 2. The largest absolute Gasteiger partial charge is 0.454 e. The molecule has 0 aromatic heterocycles. The van der Waals surface area contributed by atoms with Gasteiger partial charge in [0.1, 0.15) is 17.9 Å². The van der Waals surface area contributed by atoms with Gasteiger partial charge in [0, 0.05) is 17.8 Å². The molecule has 0 spiro atoms. The lowest BCUT2D eigenvalue weighted by molar-refractivity contribution is -0.130. The van der Waals surface area contributed by atoms with Crippen LogP contribution in [0.5, 0.6) is 11.5 Å². The van der Waals surface area contributed by atoms with Gasteiger partial charge in [0.2, 0.25) is 18.6 Å². The van der Waals surface area contributed by atoms with Crippen LogP contribution in [0.2, 0.25) is 0 Å². The summed E-state index contributed by atoms with van der Waals surface area (Å²) in [6, 6.07) is 10.3. The van der Waals surface area contributed by atoms with E-state index in [0.29, 0.717) is 22.7 Å². The van der Waals surface area contributed by atoms with Gasteiger partial charge >= 0.3 is 0 Å². The fourth-order valence-electron chi connectivity index (χ4n) is 3.31. The normalized spacial score (nSPS) is 13.8. The zero-order chi connectivity index (χ0) is 24.0. The van der Waals surface area contributed by atoms with Crippen molar-refractivity contribution in [2.24, 2.45) is 11.7 Å². The highest BCUT2D eigenvalue weighted by Gasteiger charge is 2.27. The van der Waals surface area contributed by atoms with Crippen LogP contribution >= 0.6 is 0 Å². The Labute approximate surface area is 192 Å². The molecule has 3 rings (SSSR count). The van der Waals surface area contributed by atoms with Crippen LogP contribution in [0.25, 0.3) is 0 Å².